The van der Waals surface area contributed by atoms with Crippen molar-refractivity contribution >= 4 is 16.6 Å². The first kappa shape index (κ1) is 12.5. The van der Waals surface area contributed by atoms with Crippen molar-refractivity contribution in [2.24, 2.45) is 0 Å². The molecule has 0 amide bonds. The Kier molecular flexibility index (Phi) is 2.82. The van der Waals surface area contributed by atoms with Gasteiger partial charge in [-0.3, -0.25) is 0 Å². The molecule has 0 aliphatic heterocycles. The fourth-order valence-corrected chi connectivity index (χ4v) is 2.05. The van der Waals surface area contributed by atoms with Crippen LogP contribution in [-0.4, -0.2) is 4.98 Å². The highest BCUT2D eigenvalue weighted by atomic mass is 19.2. The van der Waals surface area contributed by atoms with Crippen LogP contribution in [0.5, 0.6) is 0 Å². The maximum atomic E-state index is 13.8. The van der Waals surface area contributed by atoms with Crippen LogP contribution in [0.3, 0.4) is 0 Å². The van der Waals surface area contributed by atoms with E-state index >= 15 is 0 Å². The van der Waals surface area contributed by atoms with Gasteiger partial charge in [0, 0.05) is 16.6 Å². The zero-order valence-corrected chi connectivity index (χ0v) is 10.2. The average Bonchev–Trinajstić information content (AvgIpc) is 2.47. The molecule has 0 saturated heterocycles. The van der Waals surface area contributed by atoms with E-state index in [1.807, 2.05) is 6.07 Å². The smallest absolute Gasteiger partial charge is 0.196 e. The summed E-state index contributed by atoms with van der Waals surface area (Å²) in [6, 6.07) is 11.3. The van der Waals surface area contributed by atoms with Crippen LogP contribution in [0.25, 0.3) is 22.2 Å². The van der Waals surface area contributed by atoms with Gasteiger partial charge in [-0.15, -0.1) is 0 Å². The third kappa shape index (κ3) is 1.87. The predicted octanol–water partition coefficient (Wildman–Crippen LogP) is 3.90. The second-order valence-electron chi connectivity index (χ2n) is 4.35. The molecule has 3 rings (SSSR count). The predicted molar refractivity (Wildman–Crippen MR) is 71.5 cm³/mol. The van der Waals surface area contributed by atoms with Crippen molar-refractivity contribution in [3.05, 3.63) is 59.9 Å². The third-order valence-electron chi connectivity index (χ3n) is 3.04. The van der Waals surface area contributed by atoms with Crippen molar-refractivity contribution in [3.63, 3.8) is 0 Å². The van der Waals surface area contributed by atoms with Crippen molar-refractivity contribution < 1.29 is 13.2 Å². The number of benzene rings is 2. The maximum Gasteiger partial charge on any atom is 0.196 e. The first-order valence-electron chi connectivity index (χ1n) is 5.87. The largest absolute Gasteiger partial charge is 0.398 e. The van der Waals surface area contributed by atoms with Gasteiger partial charge in [0.15, 0.2) is 17.5 Å². The normalized spacial score (nSPS) is 10.9. The second kappa shape index (κ2) is 4.52. The molecule has 0 radical (unpaired) electrons. The number of nitrogens with zero attached hydrogens (tertiary/aromatic N) is 1. The number of hydrogen-bond acceptors (Lipinski definition) is 2. The number of hydrogen-bond donors (Lipinski definition) is 1. The quantitative estimate of drug-likeness (QED) is 0.683. The highest BCUT2D eigenvalue weighted by Crippen LogP contribution is 2.29. The Hall–Kier alpha value is -2.56. The molecule has 3 aromatic rings. The standard InChI is InChI=1S/C15H9F3N2/c16-10-6-9-11(19)7-12(8-4-2-1-3-5-8)20-15(9)14(18)13(10)17/h1-7H,(H2,19,20). The van der Waals surface area contributed by atoms with E-state index in [4.69, 9.17) is 5.73 Å². The minimum absolute atomic E-state index is 0.0566. The molecule has 0 atom stereocenters. The molecule has 2 nitrogen and oxygen atoms in total. The molecule has 0 saturated carbocycles. The molecule has 100 valence electrons. The molecular formula is C15H9F3N2. The molecule has 1 heterocycles. The first-order valence-corrected chi connectivity index (χ1v) is 5.87. The Morgan fingerprint density at radius 1 is 0.900 bits per heavy atom. The summed E-state index contributed by atoms with van der Waals surface area (Å²) < 4.78 is 40.3. The molecule has 0 unspecified atom stereocenters. The van der Waals surface area contributed by atoms with Crippen LogP contribution in [0.4, 0.5) is 18.9 Å². The lowest BCUT2D eigenvalue weighted by Crippen LogP contribution is -1.99. The van der Waals surface area contributed by atoms with E-state index in [2.05, 4.69) is 4.98 Å². The van der Waals surface area contributed by atoms with Gasteiger partial charge < -0.3 is 5.73 Å². The summed E-state index contributed by atoms with van der Waals surface area (Å²) in [5.41, 5.74) is 6.77. The molecule has 0 aliphatic rings. The first-order chi connectivity index (χ1) is 9.58. The topological polar surface area (TPSA) is 38.9 Å². The summed E-state index contributed by atoms with van der Waals surface area (Å²) in [7, 11) is 0. The zero-order chi connectivity index (χ0) is 14.3. The van der Waals surface area contributed by atoms with Crippen LogP contribution in [0.15, 0.2) is 42.5 Å². The van der Waals surface area contributed by atoms with Crippen molar-refractivity contribution in [3.8, 4) is 11.3 Å². The van der Waals surface area contributed by atoms with Gasteiger partial charge in [-0.05, 0) is 12.1 Å². The van der Waals surface area contributed by atoms with E-state index in [-0.39, 0.29) is 16.6 Å². The molecule has 2 N–H and O–H groups in total. The minimum Gasteiger partial charge on any atom is -0.398 e. The highest BCUT2D eigenvalue weighted by molar-refractivity contribution is 5.93. The monoisotopic (exact) mass is 274 g/mol. The Labute approximate surface area is 112 Å². The number of rotatable bonds is 1. The van der Waals surface area contributed by atoms with Gasteiger partial charge in [-0.2, -0.15) is 0 Å². The van der Waals surface area contributed by atoms with Gasteiger partial charge in [0.2, 0.25) is 0 Å². The summed E-state index contributed by atoms with van der Waals surface area (Å²) in [6.07, 6.45) is 0. The number of aromatic nitrogens is 1. The van der Waals surface area contributed by atoms with Gasteiger partial charge in [0.05, 0.1) is 5.69 Å². The molecule has 0 fully saturated rings. The lowest BCUT2D eigenvalue weighted by Gasteiger charge is -2.08. The fraction of sp³-hybridized carbons (Fsp3) is 0. The number of halogens is 3. The van der Waals surface area contributed by atoms with Gasteiger partial charge in [-0.25, -0.2) is 18.2 Å². The molecule has 5 heteroatoms. The number of nitrogens with two attached hydrogens (primary N) is 1. The number of anilines is 1. The van der Waals surface area contributed by atoms with Crippen LogP contribution in [0, 0.1) is 17.5 Å². The van der Waals surface area contributed by atoms with Crippen molar-refractivity contribution in [1.82, 2.24) is 4.98 Å². The SMILES string of the molecule is Nc1cc(-c2ccccc2)nc2c(F)c(F)c(F)cc12. The van der Waals surface area contributed by atoms with Crippen LogP contribution in [0.2, 0.25) is 0 Å². The van der Waals surface area contributed by atoms with E-state index in [9.17, 15) is 13.2 Å². The van der Waals surface area contributed by atoms with Gasteiger partial charge in [0.25, 0.3) is 0 Å². The van der Waals surface area contributed by atoms with Crippen molar-refractivity contribution in [2.45, 2.75) is 0 Å². The summed E-state index contributed by atoms with van der Waals surface area (Å²) >= 11 is 0. The number of fused-ring (bicyclic) bond motifs is 1. The molecule has 2 aromatic carbocycles. The van der Waals surface area contributed by atoms with E-state index < -0.39 is 17.5 Å². The van der Waals surface area contributed by atoms with Crippen molar-refractivity contribution in [1.29, 1.82) is 0 Å². The zero-order valence-electron chi connectivity index (χ0n) is 10.2. The average molecular weight is 274 g/mol. The fourth-order valence-electron chi connectivity index (χ4n) is 2.05. The summed E-state index contributed by atoms with van der Waals surface area (Å²) in [5.74, 6) is -4.16. The van der Waals surface area contributed by atoms with Crippen LogP contribution in [-0.2, 0) is 0 Å². The van der Waals surface area contributed by atoms with Crippen LogP contribution < -0.4 is 5.73 Å². The van der Waals surface area contributed by atoms with Crippen LogP contribution >= 0.6 is 0 Å². The Morgan fingerprint density at radius 2 is 1.60 bits per heavy atom. The van der Waals surface area contributed by atoms with E-state index in [0.717, 1.165) is 6.07 Å². The van der Waals surface area contributed by atoms with Crippen molar-refractivity contribution in [2.75, 3.05) is 5.73 Å². The maximum absolute atomic E-state index is 13.8. The van der Waals surface area contributed by atoms with Gasteiger partial charge in [-0.1, -0.05) is 30.3 Å². The molecule has 0 spiro atoms. The Bertz CT molecular complexity index is 801. The number of nitrogen functional groups attached to an aromatic ring is 1. The lowest BCUT2D eigenvalue weighted by atomic mass is 10.1. The Morgan fingerprint density at radius 3 is 2.30 bits per heavy atom. The van der Waals surface area contributed by atoms with E-state index in [1.54, 1.807) is 24.3 Å². The lowest BCUT2D eigenvalue weighted by molar-refractivity contribution is 0.452. The highest BCUT2D eigenvalue weighted by Gasteiger charge is 2.17. The minimum atomic E-state index is -1.55. The number of pyridine rings is 1. The molecule has 20 heavy (non-hydrogen) atoms. The second-order valence-corrected chi connectivity index (χ2v) is 4.35. The van der Waals surface area contributed by atoms with Gasteiger partial charge >= 0.3 is 0 Å². The summed E-state index contributed by atoms with van der Waals surface area (Å²) in [4.78, 5) is 4.05. The molecular weight excluding hydrogens is 265 g/mol. The third-order valence-corrected chi connectivity index (χ3v) is 3.04. The molecule has 0 bridgehead atoms. The summed E-state index contributed by atoms with van der Waals surface area (Å²) in [5, 5.41) is 0.0566. The Balaban J connectivity index is 2.34. The molecule has 1 aromatic heterocycles. The van der Waals surface area contributed by atoms with E-state index in [1.165, 1.54) is 6.07 Å². The summed E-state index contributed by atoms with van der Waals surface area (Å²) in [6.45, 7) is 0. The molecule has 0 aliphatic carbocycles. The van der Waals surface area contributed by atoms with E-state index in [0.29, 0.717) is 11.3 Å². The van der Waals surface area contributed by atoms with Crippen LogP contribution in [0.1, 0.15) is 0 Å². The van der Waals surface area contributed by atoms with Gasteiger partial charge in [0.1, 0.15) is 5.52 Å².